The van der Waals surface area contributed by atoms with Gasteiger partial charge in [-0.05, 0) is 26.0 Å². The van der Waals surface area contributed by atoms with Crippen molar-refractivity contribution in [1.82, 2.24) is 19.7 Å². The lowest BCUT2D eigenvalue weighted by Crippen LogP contribution is -2.87. The highest BCUT2D eigenvalue weighted by Crippen LogP contribution is 2.37. The first-order valence-corrected chi connectivity index (χ1v) is 13.7. The van der Waals surface area contributed by atoms with E-state index in [1.54, 1.807) is 0 Å². The Labute approximate surface area is 257 Å². The van der Waals surface area contributed by atoms with Crippen LogP contribution in [0.2, 0.25) is 15.1 Å². The molecular formula is C26H26Cl3F4N6O4+. The number of allylic oxidation sites excluding steroid dienone is 1. The van der Waals surface area contributed by atoms with Crippen molar-refractivity contribution in [2.45, 2.75) is 56.6 Å². The number of nitrogens with zero attached hydrogens (tertiary/aromatic N) is 4. The highest BCUT2D eigenvalue weighted by molar-refractivity contribution is 6.36. The van der Waals surface area contributed by atoms with Gasteiger partial charge in [0.1, 0.15) is 18.0 Å². The molecule has 1 aliphatic rings. The molecular weight excluding hydrogens is 643 g/mol. The maximum absolute atomic E-state index is 14.4. The van der Waals surface area contributed by atoms with Crippen molar-refractivity contribution in [1.29, 1.82) is 0 Å². The van der Waals surface area contributed by atoms with Gasteiger partial charge in [-0.15, -0.1) is 0 Å². The summed E-state index contributed by atoms with van der Waals surface area (Å²) in [5.74, 6) is -1.05. The second kappa shape index (κ2) is 13.0. The van der Waals surface area contributed by atoms with Gasteiger partial charge < -0.3 is 25.4 Å². The second-order valence-electron chi connectivity index (χ2n) is 9.58. The third-order valence-electron chi connectivity index (χ3n) is 6.69. The van der Waals surface area contributed by atoms with E-state index >= 15 is 0 Å². The smallest absolute Gasteiger partial charge is 0.404 e. The lowest BCUT2D eigenvalue weighted by Gasteiger charge is -2.41. The van der Waals surface area contributed by atoms with E-state index < -0.39 is 59.9 Å². The van der Waals surface area contributed by atoms with Crippen LogP contribution >= 0.6 is 34.8 Å². The van der Waals surface area contributed by atoms with Crippen molar-refractivity contribution in [3.63, 3.8) is 0 Å². The SMILES string of the molecule is CO[C@@H]1C([NH+]=C/C(=C\N)c2ccc(Cl)c(F)c2Cl)C(O)[C@H](c2nc(C)nn2-c2cc(Cl)cnc2C(F)(F)F)OC1C(C)O. The summed E-state index contributed by atoms with van der Waals surface area (Å²) in [5, 5.41) is 25.6. The van der Waals surface area contributed by atoms with Crippen LogP contribution in [0.5, 0.6) is 0 Å². The number of halogens is 7. The Balaban J connectivity index is 1.82. The number of ether oxygens (including phenoxy) is 2. The van der Waals surface area contributed by atoms with E-state index in [0.29, 0.717) is 0 Å². The first kappa shape index (κ1) is 33.1. The Bertz CT molecular complexity index is 1550. The van der Waals surface area contributed by atoms with E-state index in [1.807, 2.05) is 0 Å². The largest absolute Gasteiger partial charge is 0.435 e. The van der Waals surface area contributed by atoms with Crippen LogP contribution in [-0.4, -0.2) is 73.7 Å². The summed E-state index contributed by atoms with van der Waals surface area (Å²) in [6.45, 7) is 2.84. The second-order valence-corrected chi connectivity index (χ2v) is 10.8. The minimum atomic E-state index is -4.89. The van der Waals surface area contributed by atoms with Crippen LogP contribution in [0, 0.1) is 12.7 Å². The number of nitrogens with one attached hydrogen (secondary N) is 1. The predicted octanol–water partition coefficient (Wildman–Crippen LogP) is 2.81. The number of aromatic nitrogens is 4. The minimum absolute atomic E-state index is 0.0465. The Kier molecular flexibility index (Phi) is 10.0. The molecule has 0 spiro atoms. The molecule has 2 aromatic heterocycles. The van der Waals surface area contributed by atoms with E-state index in [-0.39, 0.29) is 37.9 Å². The van der Waals surface area contributed by atoms with Crippen LogP contribution in [-0.2, 0) is 15.7 Å². The maximum Gasteiger partial charge on any atom is 0.435 e. The average molecular weight is 669 g/mol. The third kappa shape index (κ3) is 6.65. The van der Waals surface area contributed by atoms with Gasteiger partial charge in [0.2, 0.25) is 6.04 Å². The van der Waals surface area contributed by atoms with Crippen molar-refractivity contribution in [3.8, 4) is 5.69 Å². The fourth-order valence-corrected chi connectivity index (χ4v) is 5.37. The number of rotatable bonds is 7. The molecule has 3 heterocycles. The van der Waals surface area contributed by atoms with Gasteiger partial charge in [0, 0.05) is 25.1 Å². The number of benzene rings is 1. The highest BCUT2D eigenvalue weighted by atomic mass is 35.5. The molecule has 17 heteroatoms. The fraction of sp³-hybridized carbons (Fsp3) is 0.385. The summed E-state index contributed by atoms with van der Waals surface area (Å²) in [6, 6.07) is 2.62. The molecule has 6 atom stereocenters. The average Bonchev–Trinajstić information content (AvgIpc) is 3.33. The normalized spacial score (nSPS) is 24.1. The van der Waals surface area contributed by atoms with Crippen molar-refractivity contribution in [2.24, 2.45) is 5.73 Å². The summed E-state index contributed by atoms with van der Waals surface area (Å²) in [6.07, 6.45) is -7.96. The number of methoxy groups -OCH3 is 1. The lowest BCUT2D eigenvalue weighted by molar-refractivity contribution is -0.543. The van der Waals surface area contributed by atoms with Gasteiger partial charge in [-0.25, -0.2) is 24.0 Å². The van der Waals surface area contributed by atoms with E-state index in [4.69, 9.17) is 50.0 Å². The van der Waals surface area contributed by atoms with Crippen molar-refractivity contribution < 1.29 is 42.2 Å². The molecule has 0 aliphatic carbocycles. The summed E-state index contributed by atoms with van der Waals surface area (Å²) >= 11 is 17.9. The van der Waals surface area contributed by atoms with E-state index in [0.717, 1.165) is 23.1 Å². The summed E-state index contributed by atoms with van der Waals surface area (Å²) < 4.78 is 68.5. The first-order valence-electron chi connectivity index (χ1n) is 12.6. The molecule has 0 bridgehead atoms. The quantitative estimate of drug-likeness (QED) is 0.171. The monoisotopic (exact) mass is 667 g/mol. The molecule has 10 nitrogen and oxygen atoms in total. The van der Waals surface area contributed by atoms with E-state index in [1.165, 1.54) is 39.3 Å². The molecule has 0 saturated carbocycles. The van der Waals surface area contributed by atoms with Gasteiger partial charge >= 0.3 is 6.18 Å². The Morgan fingerprint density at radius 1 is 1.28 bits per heavy atom. The standard InChI is InChI=1S/C26H25Cl3F4N6O4/c1-10(40)21-22(42-3)19(35-8-12(7-34)14-4-5-15(28)18(30)17(14)29)20(41)23(43-21)25-37-11(2)38-39(25)16-6-13(27)9-36-24(16)26(31,32)33/h4-10,19-23,40-41H,34H2,1-3H3/p+1/b12-7+,35-8?/t10?,19?,20?,21?,22-,23-/m1/s1. The van der Waals surface area contributed by atoms with Crippen molar-refractivity contribution in [3.05, 3.63) is 74.4 Å². The van der Waals surface area contributed by atoms with Crippen LogP contribution in [0.15, 0.2) is 30.6 Å². The van der Waals surface area contributed by atoms with Gasteiger partial charge in [-0.3, -0.25) is 0 Å². The van der Waals surface area contributed by atoms with Gasteiger partial charge in [-0.2, -0.15) is 18.3 Å². The van der Waals surface area contributed by atoms with Crippen LogP contribution in [0.25, 0.3) is 11.3 Å². The van der Waals surface area contributed by atoms with Gasteiger partial charge in [-0.1, -0.05) is 40.9 Å². The van der Waals surface area contributed by atoms with Crippen LogP contribution in [0.3, 0.4) is 0 Å². The van der Waals surface area contributed by atoms with Gasteiger partial charge in [0.15, 0.2) is 35.8 Å². The molecule has 1 saturated heterocycles. The zero-order valence-corrected chi connectivity index (χ0v) is 24.9. The Morgan fingerprint density at radius 3 is 2.58 bits per heavy atom. The maximum atomic E-state index is 14.4. The Hall–Kier alpha value is -2.85. The number of alkyl halides is 3. The van der Waals surface area contributed by atoms with Crippen molar-refractivity contribution in [2.75, 3.05) is 7.11 Å². The molecule has 4 unspecified atom stereocenters. The number of aliphatic hydroxyl groups excluding tert-OH is 2. The molecule has 1 fully saturated rings. The molecule has 4 rings (SSSR count). The molecule has 43 heavy (non-hydrogen) atoms. The number of nitrogens with two attached hydrogens (primary N) is 1. The van der Waals surface area contributed by atoms with Crippen molar-refractivity contribution >= 4 is 46.6 Å². The first-order chi connectivity index (χ1) is 20.2. The topological polar surface area (TPSA) is 143 Å². The molecule has 3 aromatic rings. The van der Waals surface area contributed by atoms with Crippen LogP contribution < -0.4 is 10.7 Å². The molecule has 0 amide bonds. The minimum Gasteiger partial charge on any atom is -0.404 e. The summed E-state index contributed by atoms with van der Waals surface area (Å²) in [4.78, 5) is 10.6. The Morgan fingerprint density at radius 2 is 1.98 bits per heavy atom. The highest BCUT2D eigenvalue weighted by Gasteiger charge is 2.52. The third-order valence-corrected chi connectivity index (χ3v) is 7.56. The van der Waals surface area contributed by atoms with E-state index in [9.17, 15) is 27.8 Å². The zero-order chi connectivity index (χ0) is 31.8. The lowest BCUT2D eigenvalue weighted by atomic mass is 9.90. The number of hydrogen-bond donors (Lipinski definition) is 4. The van der Waals surface area contributed by atoms with Crippen LogP contribution in [0.1, 0.15) is 35.9 Å². The summed E-state index contributed by atoms with van der Waals surface area (Å²) in [7, 11) is 1.32. The fourth-order valence-electron chi connectivity index (χ4n) is 4.74. The number of aryl methyl sites for hydroxylation is 1. The van der Waals surface area contributed by atoms with Gasteiger partial charge in [0.25, 0.3) is 0 Å². The molecule has 5 N–H and O–H groups in total. The number of hydrogen-bond acceptors (Lipinski definition) is 8. The van der Waals surface area contributed by atoms with Gasteiger partial charge in [0.05, 0.1) is 32.4 Å². The summed E-state index contributed by atoms with van der Waals surface area (Å²) in [5.41, 5.74) is 4.29. The molecule has 1 aliphatic heterocycles. The zero-order valence-electron chi connectivity index (χ0n) is 22.7. The predicted molar refractivity (Wildman–Crippen MR) is 149 cm³/mol. The number of aliphatic hydroxyl groups is 2. The molecule has 232 valence electrons. The number of pyridine rings is 1. The van der Waals surface area contributed by atoms with E-state index in [2.05, 4.69) is 20.1 Å². The molecule has 0 radical (unpaired) electrons. The molecule has 1 aromatic carbocycles. The van der Waals surface area contributed by atoms with Crippen LogP contribution in [0.4, 0.5) is 17.6 Å².